The highest BCUT2D eigenvalue weighted by Gasteiger charge is 2.59. The Labute approximate surface area is 235 Å². The van der Waals surface area contributed by atoms with Crippen molar-refractivity contribution in [1.29, 1.82) is 0 Å². The quantitative estimate of drug-likeness (QED) is 0.240. The smallest absolute Gasteiger partial charge is 0.254 e. The lowest BCUT2D eigenvalue weighted by atomic mass is 9.77. The first-order valence-corrected chi connectivity index (χ1v) is 15.1. The van der Waals surface area contributed by atoms with Crippen LogP contribution < -0.4 is 9.67 Å². The first kappa shape index (κ1) is 27.4. The van der Waals surface area contributed by atoms with E-state index in [0.717, 1.165) is 20.3 Å². The number of thiazole rings is 1. The van der Waals surface area contributed by atoms with Crippen LogP contribution in [0.2, 0.25) is 0 Å². The van der Waals surface area contributed by atoms with E-state index in [4.69, 9.17) is 0 Å². The van der Waals surface area contributed by atoms with Crippen molar-refractivity contribution < 1.29 is 29.2 Å². The van der Waals surface area contributed by atoms with Crippen LogP contribution in [0.25, 0.3) is 10.4 Å². The number of fused-ring (bicyclic) bond motifs is 2. The molecule has 11 heteroatoms. The lowest BCUT2D eigenvalue weighted by Gasteiger charge is -2.47. The number of aliphatic hydroxyl groups excluding tert-OH is 1. The number of hydrogen-bond donors (Lipinski definition) is 1. The fraction of sp³-hybridized carbons (Fsp3) is 0.429. The number of carboxylic acid groups (broad SMARTS) is 1. The number of aliphatic carboxylic acids is 1. The summed E-state index contributed by atoms with van der Waals surface area (Å²) in [7, 11) is 0. The average Bonchev–Trinajstić information content (AvgIpc) is 3.51. The molecule has 0 spiro atoms. The number of imidazole rings is 1. The summed E-state index contributed by atoms with van der Waals surface area (Å²) in [5, 5.41) is 23.3. The summed E-state index contributed by atoms with van der Waals surface area (Å²) < 4.78 is 4.07. The van der Waals surface area contributed by atoms with Crippen molar-refractivity contribution in [2.75, 3.05) is 19.3 Å². The fourth-order valence-corrected chi connectivity index (χ4v) is 8.17. The van der Waals surface area contributed by atoms with Gasteiger partial charge in [0.05, 0.1) is 34.6 Å². The van der Waals surface area contributed by atoms with Gasteiger partial charge in [-0.05, 0) is 33.1 Å². The minimum absolute atomic E-state index is 0.0110. The molecule has 0 bridgehead atoms. The number of amides is 2. The van der Waals surface area contributed by atoms with Crippen LogP contribution in [0.1, 0.15) is 48.5 Å². The zero-order chi connectivity index (χ0) is 28.2. The summed E-state index contributed by atoms with van der Waals surface area (Å²) in [6, 6.07) is 7.26. The summed E-state index contributed by atoms with van der Waals surface area (Å²) in [6.45, 7) is 9.20. The number of thioether (sulfide) groups is 1. The summed E-state index contributed by atoms with van der Waals surface area (Å²) in [5.74, 6) is -2.64. The Hall–Kier alpha value is -3.15. The maximum absolute atomic E-state index is 13.2. The van der Waals surface area contributed by atoms with Crippen LogP contribution in [0.5, 0.6) is 0 Å². The van der Waals surface area contributed by atoms with E-state index in [1.54, 1.807) is 18.7 Å². The van der Waals surface area contributed by atoms with Crippen molar-refractivity contribution in [3.05, 3.63) is 58.5 Å². The summed E-state index contributed by atoms with van der Waals surface area (Å²) in [6.07, 6.45) is 4.98. The molecule has 0 radical (unpaired) electrons. The number of benzene rings is 1. The average molecular weight is 569 g/mol. The predicted octanol–water partition coefficient (Wildman–Crippen LogP) is 1.86. The third-order valence-electron chi connectivity index (χ3n) is 7.87. The Kier molecular flexibility index (Phi) is 7.34. The van der Waals surface area contributed by atoms with Gasteiger partial charge in [-0.1, -0.05) is 48.2 Å². The second-order valence-corrected chi connectivity index (χ2v) is 11.8. The van der Waals surface area contributed by atoms with Gasteiger partial charge in [-0.3, -0.25) is 9.59 Å². The molecule has 2 aromatic heterocycles. The summed E-state index contributed by atoms with van der Waals surface area (Å²) >= 11 is 3.04. The number of carbonyl (C=O) groups excluding carboxylic acids is 3. The molecule has 206 valence electrons. The zero-order valence-electron chi connectivity index (χ0n) is 22.6. The van der Waals surface area contributed by atoms with E-state index in [2.05, 4.69) is 4.57 Å². The summed E-state index contributed by atoms with van der Waals surface area (Å²) in [4.78, 5) is 42.9. The third kappa shape index (κ3) is 4.27. The van der Waals surface area contributed by atoms with Gasteiger partial charge in [0.1, 0.15) is 12.7 Å². The van der Waals surface area contributed by atoms with Crippen molar-refractivity contribution in [3.8, 4) is 0 Å². The largest absolute Gasteiger partial charge is 0.543 e. The van der Waals surface area contributed by atoms with Gasteiger partial charge in [0.2, 0.25) is 15.8 Å². The van der Waals surface area contributed by atoms with Gasteiger partial charge in [0.15, 0.2) is 0 Å². The van der Waals surface area contributed by atoms with Crippen LogP contribution in [0, 0.1) is 11.8 Å². The van der Waals surface area contributed by atoms with Crippen LogP contribution in [0.15, 0.2) is 47.5 Å². The van der Waals surface area contributed by atoms with Crippen LogP contribution in [0.4, 0.5) is 0 Å². The van der Waals surface area contributed by atoms with Crippen molar-refractivity contribution in [2.24, 2.45) is 11.8 Å². The minimum atomic E-state index is -1.38. The normalized spacial score (nSPS) is 21.3. The number of carbonyl (C=O) groups is 3. The van der Waals surface area contributed by atoms with Crippen molar-refractivity contribution in [1.82, 2.24) is 14.2 Å². The Morgan fingerprint density at radius 2 is 1.95 bits per heavy atom. The van der Waals surface area contributed by atoms with Crippen LogP contribution in [-0.4, -0.2) is 68.6 Å². The molecule has 9 nitrogen and oxygen atoms in total. The first-order valence-electron chi connectivity index (χ1n) is 13.1. The molecule has 5 rings (SSSR count). The van der Waals surface area contributed by atoms with Crippen molar-refractivity contribution in [3.63, 3.8) is 0 Å². The van der Waals surface area contributed by atoms with Crippen LogP contribution in [0.3, 0.4) is 0 Å². The molecule has 0 saturated carbocycles. The van der Waals surface area contributed by atoms with E-state index in [9.17, 15) is 24.6 Å². The van der Waals surface area contributed by atoms with Gasteiger partial charge in [-0.15, -0.1) is 0 Å². The standard InChI is InChI=1S/C28H32N4O5S2/c1-6-29(7-2)24(34)18-11-9-8-10-17(18)12-30-14-31-13-19(39-27(31)26(30)38-5)20-15(3)22-21(16(4)33)25(35)32(22)23(20)28(36)37/h8-11,13-16,21-22,33H,6-7,12H2,1-5H3/t15-,16+,21+,22+/m0/s1. The van der Waals surface area contributed by atoms with E-state index in [-0.39, 0.29) is 23.4 Å². The Morgan fingerprint density at radius 1 is 1.26 bits per heavy atom. The molecule has 3 aromatic rings. The van der Waals surface area contributed by atoms with Crippen molar-refractivity contribution in [2.45, 2.75) is 51.4 Å². The SMILES string of the molecule is CCN(CC)C(=O)c1ccccc1C[n+]1cn2cc(C3=C(C(=O)[O-])N4C(=O)[C@H]([C@@H](C)O)[C@H]4[C@H]3C)sc2c1SC. The number of β-lactam (4-membered cyclic amide) rings is 1. The molecule has 1 aromatic carbocycles. The Balaban J connectivity index is 1.52. The van der Waals surface area contributed by atoms with E-state index in [1.165, 1.54) is 16.2 Å². The van der Waals surface area contributed by atoms with Gasteiger partial charge < -0.3 is 24.8 Å². The third-order valence-corrected chi connectivity index (χ3v) is 9.95. The summed E-state index contributed by atoms with van der Waals surface area (Å²) in [5.41, 5.74) is 2.08. The second kappa shape index (κ2) is 10.4. The van der Waals surface area contributed by atoms with Crippen LogP contribution in [-0.2, 0) is 16.1 Å². The molecule has 1 N–H and O–H groups in total. The van der Waals surface area contributed by atoms with E-state index < -0.39 is 24.0 Å². The molecular formula is C28H32N4O5S2. The number of aromatic nitrogens is 2. The molecule has 0 aliphatic carbocycles. The number of hydrogen-bond acceptors (Lipinski definition) is 7. The molecule has 0 unspecified atom stereocenters. The van der Waals surface area contributed by atoms with Gasteiger partial charge in [0, 0.05) is 35.7 Å². The molecule has 2 amide bonds. The second-order valence-electron chi connectivity index (χ2n) is 10.00. The fourth-order valence-electron chi connectivity index (χ4n) is 5.99. The molecule has 39 heavy (non-hydrogen) atoms. The maximum atomic E-state index is 13.2. The number of aliphatic hydroxyl groups is 1. The number of nitrogens with zero attached hydrogens (tertiary/aromatic N) is 4. The Bertz CT molecular complexity index is 1500. The molecule has 1 saturated heterocycles. The highest BCUT2D eigenvalue weighted by molar-refractivity contribution is 7.98. The molecule has 4 heterocycles. The lowest BCUT2D eigenvalue weighted by molar-refractivity contribution is -0.721. The number of carboxylic acids is 1. The molecule has 1 fully saturated rings. The minimum Gasteiger partial charge on any atom is -0.543 e. The predicted molar refractivity (Wildman–Crippen MR) is 147 cm³/mol. The van der Waals surface area contributed by atoms with Crippen molar-refractivity contribution >= 4 is 51.3 Å². The molecular weight excluding hydrogens is 536 g/mol. The van der Waals surface area contributed by atoms with Gasteiger partial charge in [-0.2, -0.15) is 4.40 Å². The first-order chi connectivity index (χ1) is 18.6. The highest BCUT2D eigenvalue weighted by atomic mass is 32.2. The van der Waals surface area contributed by atoms with E-state index in [0.29, 0.717) is 30.8 Å². The van der Waals surface area contributed by atoms with Gasteiger partial charge >= 0.3 is 0 Å². The molecule has 4 atom stereocenters. The van der Waals surface area contributed by atoms with Crippen LogP contribution >= 0.6 is 23.1 Å². The van der Waals surface area contributed by atoms with Gasteiger partial charge in [-0.25, -0.2) is 4.57 Å². The van der Waals surface area contributed by atoms with Gasteiger partial charge in [0.25, 0.3) is 12.2 Å². The topological polar surface area (TPSA) is 109 Å². The lowest BCUT2D eigenvalue weighted by Crippen LogP contribution is -2.64. The molecule has 2 aliphatic heterocycles. The monoisotopic (exact) mass is 568 g/mol. The molecule has 2 aliphatic rings. The highest BCUT2D eigenvalue weighted by Crippen LogP contribution is 2.51. The van der Waals surface area contributed by atoms with E-state index >= 15 is 0 Å². The zero-order valence-corrected chi connectivity index (χ0v) is 24.2. The van der Waals surface area contributed by atoms with E-state index in [1.807, 2.05) is 73.1 Å². The maximum Gasteiger partial charge on any atom is 0.254 e. The Morgan fingerprint density at radius 3 is 2.56 bits per heavy atom. The number of rotatable bonds is 9.